The van der Waals surface area contributed by atoms with E-state index in [0.717, 1.165) is 65.0 Å². The number of carbonyl (C=O) groups excluding carboxylic acids is 1. The molecule has 0 spiro atoms. The highest BCUT2D eigenvalue weighted by molar-refractivity contribution is 6.06. The van der Waals surface area contributed by atoms with Crippen LogP contribution in [0.5, 0.6) is 5.88 Å². The van der Waals surface area contributed by atoms with Gasteiger partial charge in [-0.05, 0) is 70.3 Å². The standard InChI is InChI=1S/C24H30N8O.C8H11N3O/c1-15-12-28-24(30-20(25)11-16(2)26-3)31-22(15)18-13-27-23-17(18)7-6-8-19(23)29-21(33)14-32-9-4-5-10-32;1-12-7-4-5-9-8(11-7)10-6-2-3-6/h6-8,11-13,26-27H,4-5,9-10,14H2,1-3H3,(H,29,33)(H2,25,28,30,31);4-6H,2-3H2,1H3,(H,9,10,11)/b16-11-;. The van der Waals surface area contributed by atoms with Crippen LogP contribution in [0.25, 0.3) is 22.2 Å². The van der Waals surface area contributed by atoms with Gasteiger partial charge in [0, 0.05) is 54.4 Å². The zero-order valence-corrected chi connectivity index (χ0v) is 26.2. The summed E-state index contributed by atoms with van der Waals surface area (Å²) >= 11 is 0. The third-order valence-electron chi connectivity index (χ3n) is 7.51. The van der Waals surface area contributed by atoms with E-state index >= 15 is 0 Å². The van der Waals surface area contributed by atoms with Crippen molar-refractivity contribution in [1.29, 1.82) is 0 Å². The molecule has 45 heavy (non-hydrogen) atoms. The third-order valence-corrected chi connectivity index (χ3v) is 7.51. The molecule has 1 saturated heterocycles. The molecule has 2 fully saturated rings. The molecule has 1 amide bonds. The van der Waals surface area contributed by atoms with Crippen molar-refractivity contribution in [2.24, 2.45) is 10.7 Å². The van der Waals surface area contributed by atoms with Crippen LogP contribution in [0.2, 0.25) is 0 Å². The number of nitrogens with two attached hydrogens (primary N) is 1. The van der Waals surface area contributed by atoms with Gasteiger partial charge >= 0.3 is 0 Å². The van der Waals surface area contributed by atoms with Gasteiger partial charge in [0.05, 0.1) is 30.6 Å². The summed E-state index contributed by atoms with van der Waals surface area (Å²) in [5, 5.41) is 10.2. The average molecular weight is 612 g/mol. The number of methoxy groups -OCH3 is 1. The van der Waals surface area contributed by atoms with Crippen LogP contribution in [0.1, 0.15) is 38.2 Å². The lowest BCUT2D eigenvalue weighted by molar-refractivity contribution is -0.117. The summed E-state index contributed by atoms with van der Waals surface area (Å²) in [4.78, 5) is 39.5. The molecule has 236 valence electrons. The average Bonchev–Trinajstić information content (AvgIpc) is 3.50. The summed E-state index contributed by atoms with van der Waals surface area (Å²) in [6.45, 7) is 6.24. The predicted molar refractivity (Wildman–Crippen MR) is 178 cm³/mol. The molecule has 4 aromatic rings. The number of H-pyrrole nitrogens is 1. The lowest BCUT2D eigenvalue weighted by Gasteiger charge is -2.14. The summed E-state index contributed by atoms with van der Waals surface area (Å²) in [6.07, 6.45) is 11.8. The van der Waals surface area contributed by atoms with E-state index in [1.807, 2.05) is 45.3 Å². The second kappa shape index (κ2) is 14.6. The Hall–Kier alpha value is -5.04. The van der Waals surface area contributed by atoms with Crippen LogP contribution < -0.4 is 26.4 Å². The normalized spacial score (nSPS) is 15.4. The lowest BCUT2D eigenvalue weighted by atomic mass is 10.1. The molecule has 0 radical (unpaired) electrons. The van der Waals surface area contributed by atoms with Gasteiger partial charge in [-0.25, -0.2) is 15.0 Å². The second-order valence-corrected chi connectivity index (χ2v) is 11.1. The van der Waals surface area contributed by atoms with Crippen LogP contribution in [0, 0.1) is 6.92 Å². The van der Waals surface area contributed by atoms with E-state index in [0.29, 0.717) is 30.3 Å². The number of aryl methyl sites for hydroxylation is 1. The number of nitrogens with one attached hydrogen (secondary N) is 4. The number of benzene rings is 1. The monoisotopic (exact) mass is 611 g/mol. The lowest BCUT2D eigenvalue weighted by Crippen LogP contribution is -2.30. The molecule has 6 rings (SSSR count). The van der Waals surface area contributed by atoms with Crippen molar-refractivity contribution in [1.82, 2.24) is 35.1 Å². The summed E-state index contributed by atoms with van der Waals surface area (Å²) < 4.78 is 4.97. The minimum Gasteiger partial charge on any atom is -0.481 e. The first-order valence-corrected chi connectivity index (χ1v) is 15.1. The van der Waals surface area contributed by atoms with Crippen LogP contribution in [0.15, 0.2) is 59.6 Å². The first-order valence-electron chi connectivity index (χ1n) is 15.1. The minimum absolute atomic E-state index is 0.00391. The molecule has 1 saturated carbocycles. The van der Waals surface area contributed by atoms with Crippen LogP contribution in [-0.4, -0.2) is 81.4 Å². The largest absolute Gasteiger partial charge is 0.481 e. The van der Waals surface area contributed by atoms with E-state index in [2.05, 4.69) is 50.8 Å². The molecular formula is C32H41N11O2. The number of aromatic amines is 1. The molecule has 2 aliphatic rings. The number of carbonyl (C=O) groups is 1. The molecule has 1 aliphatic heterocycles. The molecule has 0 unspecified atom stereocenters. The van der Waals surface area contributed by atoms with E-state index in [4.69, 9.17) is 10.5 Å². The summed E-state index contributed by atoms with van der Waals surface area (Å²) in [7, 11) is 3.42. The van der Waals surface area contributed by atoms with Gasteiger partial charge in [0.15, 0.2) is 0 Å². The Morgan fingerprint density at radius 3 is 2.73 bits per heavy atom. The summed E-state index contributed by atoms with van der Waals surface area (Å²) in [6, 6.07) is 8.17. The molecule has 4 heterocycles. The number of rotatable bonds is 10. The fourth-order valence-corrected chi connectivity index (χ4v) is 4.92. The number of aromatic nitrogens is 5. The maximum atomic E-state index is 12.6. The number of amidine groups is 1. The first-order chi connectivity index (χ1) is 21.8. The number of ether oxygens (including phenoxy) is 1. The molecule has 3 aromatic heterocycles. The van der Waals surface area contributed by atoms with Crippen molar-refractivity contribution < 1.29 is 9.53 Å². The quantitative estimate of drug-likeness (QED) is 0.130. The number of amides is 1. The van der Waals surface area contributed by atoms with Crippen molar-refractivity contribution in [3.05, 3.63) is 60.2 Å². The fraction of sp³-hybridized carbons (Fsp3) is 0.375. The van der Waals surface area contributed by atoms with Gasteiger partial charge in [0.1, 0.15) is 5.84 Å². The predicted octanol–water partition coefficient (Wildman–Crippen LogP) is 4.14. The van der Waals surface area contributed by atoms with E-state index in [9.17, 15) is 4.79 Å². The number of aliphatic imine (C=N–C) groups is 1. The summed E-state index contributed by atoms with van der Waals surface area (Å²) in [5.41, 5.74) is 11.1. The van der Waals surface area contributed by atoms with Gasteiger partial charge in [-0.1, -0.05) is 12.1 Å². The molecule has 1 aliphatic carbocycles. The zero-order valence-electron chi connectivity index (χ0n) is 26.2. The van der Waals surface area contributed by atoms with Crippen molar-refractivity contribution >= 4 is 40.2 Å². The Balaban J connectivity index is 0.000000277. The smallest absolute Gasteiger partial charge is 0.251 e. The molecule has 13 nitrogen and oxygen atoms in total. The van der Waals surface area contributed by atoms with Crippen LogP contribution in [-0.2, 0) is 4.79 Å². The fourth-order valence-electron chi connectivity index (χ4n) is 4.92. The van der Waals surface area contributed by atoms with Gasteiger partial charge in [-0.15, -0.1) is 0 Å². The van der Waals surface area contributed by atoms with Gasteiger partial charge in [-0.3, -0.25) is 9.69 Å². The molecule has 0 atom stereocenters. The Labute approximate surface area is 262 Å². The van der Waals surface area contributed by atoms with Gasteiger partial charge in [-0.2, -0.15) is 9.98 Å². The third kappa shape index (κ3) is 8.54. The van der Waals surface area contributed by atoms with E-state index in [-0.39, 0.29) is 11.9 Å². The summed E-state index contributed by atoms with van der Waals surface area (Å²) in [5.74, 6) is 1.87. The minimum atomic E-state index is -0.00391. The highest BCUT2D eigenvalue weighted by atomic mass is 16.5. The van der Waals surface area contributed by atoms with Crippen molar-refractivity contribution in [2.75, 3.05) is 44.4 Å². The number of para-hydroxylation sites is 1. The molecular weight excluding hydrogens is 570 g/mol. The Bertz CT molecular complexity index is 1690. The van der Waals surface area contributed by atoms with Crippen molar-refractivity contribution in [2.45, 2.75) is 45.6 Å². The Morgan fingerprint density at radius 1 is 1.20 bits per heavy atom. The first kappa shape index (κ1) is 31.4. The number of hydrogen-bond donors (Lipinski definition) is 5. The van der Waals surface area contributed by atoms with Gasteiger partial charge in [0.25, 0.3) is 5.95 Å². The zero-order chi connectivity index (χ0) is 31.8. The Morgan fingerprint density at radius 2 is 2.00 bits per heavy atom. The number of hydrogen-bond acceptors (Lipinski definition) is 10. The van der Waals surface area contributed by atoms with Gasteiger partial charge < -0.3 is 31.4 Å². The number of fused-ring (bicyclic) bond motifs is 1. The topological polar surface area (TPSA) is 171 Å². The van der Waals surface area contributed by atoms with Crippen LogP contribution in [0.4, 0.5) is 17.6 Å². The SMILES string of the molecule is CN/C(C)=C\C(N)=N/c1ncc(C)c(-c2c[nH]c3c(NC(=O)CN4CCCC4)cccc23)n1.COc1ccnc(NC2CC2)n1. The maximum absolute atomic E-state index is 12.6. The highest BCUT2D eigenvalue weighted by Crippen LogP contribution is 2.33. The van der Waals surface area contributed by atoms with E-state index < -0.39 is 0 Å². The molecule has 0 bridgehead atoms. The molecule has 1 aromatic carbocycles. The number of allylic oxidation sites excluding steroid dienone is 1. The Kier molecular flexibility index (Phi) is 10.2. The van der Waals surface area contributed by atoms with Crippen molar-refractivity contribution in [3.8, 4) is 17.1 Å². The van der Waals surface area contributed by atoms with E-state index in [1.165, 1.54) is 12.8 Å². The van der Waals surface area contributed by atoms with Crippen LogP contribution >= 0.6 is 0 Å². The number of anilines is 2. The van der Waals surface area contributed by atoms with Crippen molar-refractivity contribution in [3.63, 3.8) is 0 Å². The van der Waals surface area contributed by atoms with E-state index in [1.54, 1.807) is 31.6 Å². The number of nitrogens with zero attached hydrogens (tertiary/aromatic N) is 6. The molecule has 6 N–H and O–H groups in total. The van der Waals surface area contributed by atoms with Gasteiger partial charge in [0.2, 0.25) is 17.7 Å². The highest BCUT2D eigenvalue weighted by Gasteiger charge is 2.22. The second-order valence-electron chi connectivity index (χ2n) is 11.1. The number of likely N-dealkylation sites (tertiary alicyclic amines) is 1. The molecule has 13 heteroatoms. The van der Waals surface area contributed by atoms with Crippen LogP contribution in [0.3, 0.4) is 0 Å². The maximum Gasteiger partial charge on any atom is 0.251 e.